The van der Waals surface area contributed by atoms with Gasteiger partial charge in [0.25, 0.3) is 0 Å². The molecule has 0 atom stereocenters. The maximum atomic E-state index is 5.60. The van der Waals surface area contributed by atoms with Gasteiger partial charge in [0, 0.05) is 5.69 Å². The summed E-state index contributed by atoms with van der Waals surface area (Å²) >= 11 is 4.94. The molecule has 1 aromatic carbocycles. The molecule has 2 rings (SSSR count). The lowest BCUT2D eigenvalue weighted by atomic mass is 10.0. The molecule has 0 spiro atoms. The highest BCUT2D eigenvalue weighted by Crippen LogP contribution is 2.26. The normalized spacial score (nSPS) is 10.5. The molecule has 4 heteroatoms. The fourth-order valence-corrected chi connectivity index (χ4v) is 2.01. The molecular weight excluding hydrogens is 254 g/mol. The molecule has 0 aliphatic carbocycles. The summed E-state index contributed by atoms with van der Waals surface area (Å²) in [5, 5.41) is 3.32. The molecular formula is C15H17N3S. The fourth-order valence-electron chi connectivity index (χ4n) is 1.89. The Bertz CT molecular complexity index is 593. The summed E-state index contributed by atoms with van der Waals surface area (Å²) in [7, 11) is 0. The Morgan fingerprint density at radius 3 is 2.58 bits per heavy atom. The van der Waals surface area contributed by atoms with Crippen LogP contribution >= 0.6 is 12.2 Å². The van der Waals surface area contributed by atoms with Gasteiger partial charge < -0.3 is 11.1 Å². The highest BCUT2D eigenvalue weighted by Gasteiger charge is 2.07. The quantitative estimate of drug-likeness (QED) is 0.834. The van der Waals surface area contributed by atoms with Crippen molar-refractivity contribution in [1.82, 2.24) is 4.98 Å². The minimum atomic E-state index is 0.306. The molecule has 0 amide bonds. The van der Waals surface area contributed by atoms with Gasteiger partial charge in [-0.15, -0.1) is 0 Å². The molecule has 1 aromatic heterocycles. The summed E-state index contributed by atoms with van der Waals surface area (Å²) in [4.78, 5) is 4.70. The van der Waals surface area contributed by atoms with E-state index in [1.165, 1.54) is 5.56 Å². The molecule has 3 N–H and O–H groups in total. The lowest BCUT2D eigenvalue weighted by molar-refractivity contribution is 0.869. The smallest absolute Gasteiger partial charge is 0.131 e. The van der Waals surface area contributed by atoms with Gasteiger partial charge in [-0.2, -0.15) is 0 Å². The largest absolute Gasteiger partial charge is 0.388 e. The zero-order valence-electron chi connectivity index (χ0n) is 11.1. The van der Waals surface area contributed by atoms with E-state index in [0.717, 1.165) is 11.5 Å². The van der Waals surface area contributed by atoms with Crippen LogP contribution in [0.15, 0.2) is 42.5 Å². The van der Waals surface area contributed by atoms with Crippen LogP contribution in [0.3, 0.4) is 0 Å². The summed E-state index contributed by atoms with van der Waals surface area (Å²) in [6.45, 7) is 4.33. The molecule has 0 saturated carbocycles. The van der Waals surface area contributed by atoms with E-state index >= 15 is 0 Å². The lowest BCUT2D eigenvalue weighted by Crippen LogP contribution is -2.12. The Kier molecular flexibility index (Phi) is 4.12. The number of aromatic nitrogens is 1. The van der Waals surface area contributed by atoms with Crippen molar-refractivity contribution in [3.05, 3.63) is 53.7 Å². The number of benzene rings is 1. The van der Waals surface area contributed by atoms with Crippen molar-refractivity contribution in [2.45, 2.75) is 19.8 Å². The highest BCUT2D eigenvalue weighted by atomic mass is 32.1. The van der Waals surface area contributed by atoms with E-state index in [9.17, 15) is 0 Å². The lowest BCUT2D eigenvalue weighted by Gasteiger charge is -2.14. The van der Waals surface area contributed by atoms with Crippen LogP contribution in [0.4, 0.5) is 11.5 Å². The molecule has 19 heavy (non-hydrogen) atoms. The van der Waals surface area contributed by atoms with Crippen LogP contribution in [-0.2, 0) is 0 Å². The average molecular weight is 271 g/mol. The average Bonchev–Trinajstić information content (AvgIpc) is 2.39. The number of thiocarbonyl (C=S) groups is 1. The molecule has 3 nitrogen and oxygen atoms in total. The van der Waals surface area contributed by atoms with E-state index in [1.54, 1.807) is 0 Å². The first-order valence-electron chi connectivity index (χ1n) is 6.20. The minimum Gasteiger partial charge on any atom is -0.388 e. The van der Waals surface area contributed by atoms with E-state index in [2.05, 4.69) is 30.2 Å². The second-order valence-corrected chi connectivity index (χ2v) is 5.08. The molecule has 0 radical (unpaired) electrons. The van der Waals surface area contributed by atoms with Crippen LogP contribution in [0.2, 0.25) is 0 Å². The summed E-state index contributed by atoms with van der Waals surface area (Å²) in [6, 6.07) is 13.8. The zero-order valence-corrected chi connectivity index (χ0v) is 11.9. The van der Waals surface area contributed by atoms with Gasteiger partial charge in [-0.1, -0.05) is 50.3 Å². The van der Waals surface area contributed by atoms with E-state index in [4.69, 9.17) is 18.0 Å². The Morgan fingerprint density at radius 1 is 1.16 bits per heavy atom. The molecule has 0 aliphatic rings. The third-order valence-electron chi connectivity index (χ3n) is 2.85. The Labute approximate surface area is 118 Å². The van der Waals surface area contributed by atoms with Gasteiger partial charge in [0.2, 0.25) is 0 Å². The minimum absolute atomic E-state index is 0.306. The van der Waals surface area contributed by atoms with Crippen molar-refractivity contribution in [2.75, 3.05) is 5.32 Å². The molecule has 0 saturated heterocycles. The maximum absolute atomic E-state index is 5.60. The van der Waals surface area contributed by atoms with Crippen LogP contribution in [0.25, 0.3) is 0 Å². The molecule has 0 unspecified atom stereocenters. The van der Waals surface area contributed by atoms with Gasteiger partial charge in [0.15, 0.2) is 0 Å². The van der Waals surface area contributed by atoms with Gasteiger partial charge in [-0.25, -0.2) is 4.98 Å². The highest BCUT2D eigenvalue weighted by molar-refractivity contribution is 7.80. The number of rotatable bonds is 4. The van der Waals surface area contributed by atoms with Crippen LogP contribution in [0.5, 0.6) is 0 Å². The third kappa shape index (κ3) is 3.29. The predicted molar refractivity (Wildman–Crippen MR) is 83.9 cm³/mol. The molecule has 0 fully saturated rings. The zero-order chi connectivity index (χ0) is 13.8. The fraction of sp³-hybridized carbons (Fsp3) is 0.200. The van der Waals surface area contributed by atoms with Crippen molar-refractivity contribution in [3.63, 3.8) is 0 Å². The number of hydrogen-bond acceptors (Lipinski definition) is 3. The number of para-hydroxylation sites is 1. The van der Waals surface area contributed by atoms with Crippen LogP contribution < -0.4 is 11.1 Å². The number of nitrogens with two attached hydrogens (primary N) is 1. The van der Waals surface area contributed by atoms with Crippen molar-refractivity contribution >= 4 is 28.7 Å². The van der Waals surface area contributed by atoms with Gasteiger partial charge >= 0.3 is 0 Å². The first kappa shape index (κ1) is 13.5. The summed E-state index contributed by atoms with van der Waals surface area (Å²) in [5.41, 5.74) is 8.54. The van der Waals surface area contributed by atoms with Gasteiger partial charge in [-0.3, -0.25) is 0 Å². The standard InChI is InChI=1S/C15H17N3S/c1-10(2)11-6-3-4-7-12(11)17-14-9-5-8-13(18-14)15(16)19/h3-10H,1-2H3,(H2,16,19)(H,17,18). The first-order valence-corrected chi connectivity index (χ1v) is 6.61. The molecule has 98 valence electrons. The first-order chi connectivity index (χ1) is 9.08. The second-order valence-electron chi connectivity index (χ2n) is 4.64. The molecule has 1 heterocycles. The van der Waals surface area contributed by atoms with Crippen LogP contribution in [0.1, 0.15) is 31.0 Å². The molecule has 0 aliphatic heterocycles. The maximum Gasteiger partial charge on any atom is 0.131 e. The number of nitrogens with zero attached hydrogens (tertiary/aromatic N) is 1. The Balaban J connectivity index is 2.31. The van der Waals surface area contributed by atoms with Crippen molar-refractivity contribution < 1.29 is 0 Å². The van der Waals surface area contributed by atoms with Crippen LogP contribution in [0, 0.1) is 0 Å². The predicted octanol–water partition coefficient (Wildman–Crippen LogP) is 3.58. The van der Waals surface area contributed by atoms with Crippen molar-refractivity contribution in [1.29, 1.82) is 0 Å². The molecule has 2 aromatic rings. The monoisotopic (exact) mass is 271 g/mol. The SMILES string of the molecule is CC(C)c1ccccc1Nc1cccc(C(N)=S)n1. The summed E-state index contributed by atoms with van der Waals surface area (Å²) in [6.07, 6.45) is 0. The number of nitrogens with one attached hydrogen (secondary N) is 1. The Hall–Kier alpha value is -1.94. The van der Waals surface area contributed by atoms with Crippen molar-refractivity contribution in [2.24, 2.45) is 5.73 Å². The van der Waals surface area contributed by atoms with Gasteiger partial charge in [0.1, 0.15) is 10.8 Å². The van der Waals surface area contributed by atoms with Gasteiger partial charge in [0.05, 0.1) is 5.69 Å². The topological polar surface area (TPSA) is 50.9 Å². The number of anilines is 2. The van der Waals surface area contributed by atoms with E-state index in [-0.39, 0.29) is 0 Å². The van der Waals surface area contributed by atoms with E-state index < -0.39 is 0 Å². The third-order valence-corrected chi connectivity index (χ3v) is 3.06. The van der Waals surface area contributed by atoms with Crippen LogP contribution in [-0.4, -0.2) is 9.97 Å². The Morgan fingerprint density at radius 2 is 1.89 bits per heavy atom. The molecule has 0 bridgehead atoms. The number of hydrogen-bond donors (Lipinski definition) is 2. The van der Waals surface area contributed by atoms with Gasteiger partial charge in [-0.05, 0) is 29.7 Å². The summed E-state index contributed by atoms with van der Waals surface area (Å²) < 4.78 is 0. The van der Waals surface area contributed by atoms with E-state index in [0.29, 0.717) is 16.6 Å². The second kappa shape index (κ2) is 5.80. The van der Waals surface area contributed by atoms with E-state index in [1.807, 2.05) is 36.4 Å². The number of pyridine rings is 1. The summed E-state index contributed by atoms with van der Waals surface area (Å²) in [5.74, 6) is 1.20. The van der Waals surface area contributed by atoms with Crippen molar-refractivity contribution in [3.8, 4) is 0 Å².